The highest BCUT2D eigenvalue weighted by atomic mass is 32.1. The molecule has 1 saturated heterocycles. The highest BCUT2D eigenvalue weighted by Crippen LogP contribution is 2.25. The van der Waals surface area contributed by atoms with Gasteiger partial charge in [-0.1, -0.05) is 0 Å². The normalized spacial score (nSPS) is 15.5. The summed E-state index contributed by atoms with van der Waals surface area (Å²) in [7, 11) is 1.50. The topological polar surface area (TPSA) is 75.9 Å². The van der Waals surface area contributed by atoms with Crippen LogP contribution in [0, 0.1) is 6.92 Å². The van der Waals surface area contributed by atoms with Crippen LogP contribution in [-0.2, 0) is 9.53 Å². The lowest BCUT2D eigenvalue weighted by Crippen LogP contribution is -2.51. The zero-order valence-corrected chi connectivity index (χ0v) is 12.5. The number of methoxy groups -OCH3 is 1. The Kier molecular flexibility index (Phi) is 4.61. The minimum absolute atomic E-state index is 0.00589. The summed E-state index contributed by atoms with van der Waals surface area (Å²) in [5.74, 6) is -0.0375. The molecule has 0 aromatic carbocycles. The molecule has 2 heterocycles. The average Bonchev–Trinajstić information content (AvgIpc) is 2.78. The van der Waals surface area contributed by atoms with Crippen LogP contribution in [0.5, 0.6) is 0 Å². The summed E-state index contributed by atoms with van der Waals surface area (Å²) in [6.07, 6.45) is 0. The molecule has 110 valence electrons. The molecule has 2 amide bonds. The Morgan fingerprint density at radius 3 is 2.40 bits per heavy atom. The van der Waals surface area contributed by atoms with Crippen LogP contribution in [0.3, 0.4) is 0 Å². The van der Waals surface area contributed by atoms with Crippen molar-refractivity contribution in [3.05, 3.63) is 15.8 Å². The van der Waals surface area contributed by atoms with Crippen molar-refractivity contribution in [3.8, 4) is 0 Å². The predicted molar refractivity (Wildman–Crippen MR) is 77.8 cm³/mol. The number of piperazine rings is 1. The number of hydrogen-bond acceptors (Lipinski definition) is 5. The van der Waals surface area contributed by atoms with Crippen LogP contribution >= 0.6 is 11.3 Å². The number of thiophene rings is 1. The van der Waals surface area contributed by atoms with Crippen molar-refractivity contribution in [2.75, 3.05) is 45.6 Å². The summed E-state index contributed by atoms with van der Waals surface area (Å²) in [5, 5.41) is 0. The standard InChI is InChI=1S/C13H19N3O3S/c1-9-10(14)7-11(20-9)13(18)16-5-3-15(4-6-16)12(17)8-19-2/h7H,3-6,8,14H2,1-2H3. The zero-order chi connectivity index (χ0) is 14.7. The van der Waals surface area contributed by atoms with Gasteiger partial charge in [-0.25, -0.2) is 0 Å². The van der Waals surface area contributed by atoms with E-state index in [1.54, 1.807) is 15.9 Å². The summed E-state index contributed by atoms with van der Waals surface area (Å²) in [6, 6.07) is 1.73. The average molecular weight is 297 g/mol. The molecule has 7 heteroatoms. The van der Waals surface area contributed by atoms with Crippen molar-refractivity contribution in [3.63, 3.8) is 0 Å². The van der Waals surface area contributed by atoms with Gasteiger partial charge in [-0.05, 0) is 13.0 Å². The van der Waals surface area contributed by atoms with Gasteiger partial charge in [0.25, 0.3) is 5.91 Å². The van der Waals surface area contributed by atoms with E-state index in [0.29, 0.717) is 36.7 Å². The monoisotopic (exact) mass is 297 g/mol. The number of nitrogens with two attached hydrogens (primary N) is 1. The van der Waals surface area contributed by atoms with E-state index in [4.69, 9.17) is 10.5 Å². The van der Waals surface area contributed by atoms with Gasteiger partial charge in [0.2, 0.25) is 5.91 Å². The maximum atomic E-state index is 12.3. The van der Waals surface area contributed by atoms with E-state index in [2.05, 4.69) is 0 Å². The summed E-state index contributed by atoms with van der Waals surface area (Å²) in [6.45, 7) is 4.19. The number of anilines is 1. The molecule has 1 fully saturated rings. The van der Waals surface area contributed by atoms with Gasteiger partial charge in [-0.3, -0.25) is 9.59 Å². The summed E-state index contributed by atoms with van der Waals surface area (Å²) < 4.78 is 4.83. The predicted octanol–water partition coefficient (Wildman–Crippen LogP) is 0.570. The van der Waals surface area contributed by atoms with Crippen LogP contribution in [0.2, 0.25) is 0 Å². The first-order valence-electron chi connectivity index (χ1n) is 6.45. The van der Waals surface area contributed by atoms with Gasteiger partial charge in [0.1, 0.15) is 6.61 Å². The Labute approximate surface area is 122 Å². The largest absolute Gasteiger partial charge is 0.398 e. The van der Waals surface area contributed by atoms with Crippen LogP contribution < -0.4 is 5.73 Å². The first-order chi connectivity index (χ1) is 9.52. The number of aryl methyl sites for hydroxylation is 1. The second-order valence-electron chi connectivity index (χ2n) is 4.73. The minimum atomic E-state index is -0.0317. The number of nitrogen functional groups attached to an aromatic ring is 1. The highest BCUT2D eigenvalue weighted by molar-refractivity contribution is 7.14. The van der Waals surface area contributed by atoms with Crippen molar-refractivity contribution < 1.29 is 14.3 Å². The molecule has 1 aliphatic heterocycles. The number of carbonyl (C=O) groups is 2. The molecule has 20 heavy (non-hydrogen) atoms. The lowest BCUT2D eigenvalue weighted by Gasteiger charge is -2.34. The molecule has 1 aromatic rings. The van der Waals surface area contributed by atoms with Gasteiger partial charge in [0.05, 0.1) is 4.88 Å². The van der Waals surface area contributed by atoms with E-state index in [1.165, 1.54) is 18.4 Å². The summed E-state index contributed by atoms with van der Waals surface area (Å²) in [5.41, 5.74) is 6.44. The Hall–Kier alpha value is -1.60. The SMILES string of the molecule is COCC(=O)N1CCN(C(=O)c2cc(N)c(C)s2)CC1. The number of carbonyl (C=O) groups excluding carboxylic acids is 2. The second-order valence-corrected chi connectivity index (χ2v) is 5.98. The Bertz CT molecular complexity index is 487. The maximum Gasteiger partial charge on any atom is 0.264 e. The van der Waals surface area contributed by atoms with Gasteiger partial charge in [0, 0.05) is 43.9 Å². The van der Waals surface area contributed by atoms with Gasteiger partial charge in [-0.15, -0.1) is 11.3 Å². The highest BCUT2D eigenvalue weighted by Gasteiger charge is 2.25. The van der Waals surface area contributed by atoms with Crippen molar-refractivity contribution in [1.82, 2.24) is 9.80 Å². The summed E-state index contributed by atoms with van der Waals surface area (Å²) in [4.78, 5) is 29.1. The Balaban J connectivity index is 1.93. The smallest absolute Gasteiger partial charge is 0.264 e. The van der Waals surface area contributed by atoms with Crippen LogP contribution in [0.4, 0.5) is 5.69 Å². The van der Waals surface area contributed by atoms with Crippen LogP contribution in [0.1, 0.15) is 14.5 Å². The van der Waals surface area contributed by atoms with Gasteiger partial charge in [0.15, 0.2) is 0 Å². The zero-order valence-electron chi connectivity index (χ0n) is 11.7. The number of nitrogens with zero attached hydrogens (tertiary/aromatic N) is 2. The molecule has 0 radical (unpaired) electrons. The molecule has 1 aliphatic rings. The van der Waals surface area contributed by atoms with Crippen molar-refractivity contribution in [1.29, 1.82) is 0 Å². The fraction of sp³-hybridized carbons (Fsp3) is 0.538. The van der Waals surface area contributed by atoms with Gasteiger partial charge < -0.3 is 20.3 Å². The van der Waals surface area contributed by atoms with E-state index in [1.807, 2.05) is 6.92 Å². The molecule has 0 spiro atoms. The Morgan fingerprint density at radius 2 is 1.90 bits per heavy atom. The van der Waals surface area contributed by atoms with Gasteiger partial charge >= 0.3 is 0 Å². The molecular formula is C13H19N3O3S. The molecule has 0 aliphatic carbocycles. The molecule has 2 rings (SSSR count). The number of rotatable bonds is 3. The van der Waals surface area contributed by atoms with E-state index < -0.39 is 0 Å². The maximum absolute atomic E-state index is 12.3. The molecule has 6 nitrogen and oxygen atoms in total. The van der Waals surface area contributed by atoms with Gasteiger partial charge in [-0.2, -0.15) is 0 Å². The lowest BCUT2D eigenvalue weighted by atomic mass is 10.2. The van der Waals surface area contributed by atoms with E-state index in [0.717, 1.165) is 4.88 Å². The minimum Gasteiger partial charge on any atom is -0.398 e. The molecule has 0 atom stereocenters. The number of ether oxygens (including phenoxy) is 1. The fourth-order valence-electron chi connectivity index (χ4n) is 2.13. The molecule has 0 saturated carbocycles. The van der Waals surface area contributed by atoms with Crippen LogP contribution in [-0.4, -0.2) is 61.5 Å². The van der Waals surface area contributed by atoms with Crippen molar-refractivity contribution in [2.45, 2.75) is 6.92 Å². The third kappa shape index (κ3) is 3.10. The first-order valence-corrected chi connectivity index (χ1v) is 7.26. The van der Waals surface area contributed by atoms with E-state index in [-0.39, 0.29) is 18.4 Å². The van der Waals surface area contributed by atoms with Crippen LogP contribution in [0.15, 0.2) is 6.07 Å². The second kappa shape index (κ2) is 6.23. The third-order valence-corrected chi connectivity index (χ3v) is 4.41. The molecular weight excluding hydrogens is 278 g/mol. The Morgan fingerprint density at radius 1 is 1.30 bits per heavy atom. The molecule has 2 N–H and O–H groups in total. The lowest BCUT2D eigenvalue weighted by molar-refractivity contribution is -0.136. The number of hydrogen-bond donors (Lipinski definition) is 1. The number of amides is 2. The van der Waals surface area contributed by atoms with Crippen molar-refractivity contribution >= 4 is 28.8 Å². The third-order valence-electron chi connectivity index (χ3n) is 3.35. The summed E-state index contributed by atoms with van der Waals surface area (Å²) >= 11 is 1.41. The van der Waals surface area contributed by atoms with E-state index >= 15 is 0 Å². The molecule has 1 aromatic heterocycles. The fourth-order valence-corrected chi connectivity index (χ4v) is 3.04. The van der Waals surface area contributed by atoms with Crippen molar-refractivity contribution in [2.24, 2.45) is 0 Å². The van der Waals surface area contributed by atoms with Crippen LogP contribution in [0.25, 0.3) is 0 Å². The quantitative estimate of drug-likeness (QED) is 0.885. The molecule has 0 bridgehead atoms. The van der Waals surface area contributed by atoms with E-state index in [9.17, 15) is 9.59 Å². The molecule has 0 unspecified atom stereocenters. The first kappa shape index (κ1) is 14.8.